The first-order valence-corrected chi connectivity index (χ1v) is 7.81. The molecular weight excluding hydrogens is 264 g/mol. The fourth-order valence-electron chi connectivity index (χ4n) is 2.20. The number of aliphatic hydroxyl groups is 1. The van der Waals surface area contributed by atoms with Crippen LogP contribution in [0.1, 0.15) is 48.5 Å². The number of nitrogens with zero attached hydrogens (tertiary/aromatic N) is 1. The van der Waals surface area contributed by atoms with Crippen molar-refractivity contribution in [3.8, 4) is 0 Å². The Bertz CT molecular complexity index is 446. The molecule has 0 radical (unpaired) electrons. The van der Waals surface area contributed by atoms with Gasteiger partial charge in [-0.05, 0) is 50.3 Å². The number of hydrogen-bond acceptors (Lipinski definition) is 3. The van der Waals surface area contributed by atoms with Gasteiger partial charge in [-0.1, -0.05) is 13.0 Å². The van der Waals surface area contributed by atoms with Crippen LogP contribution in [0.3, 0.4) is 0 Å². The highest BCUT2D eigenvalue weighted by Crippen LogP contribution is 2.19. The zero-order valence-corrected chi connectivity index (χ0v) is 13.5. The average molecular weight is 292 g/mol. The molecule has 0 aromatic heterocycles. The number of aliphatic hydroxyl groups excluding tert-OH is 1. The Labute approximate surface area is 128 Å². The van der Waals surface area contributed by atoms with Gasteiger partial charge in [-0.15, -0.1) is 0 Å². The summed E-state index contributed by atoms with van der Waals surface area (Å²) in [4.78, 5) is 14.3. The van der Waals surface area contributed by atoms with E-state index in [1.807, 2.05) is 32.2 Å². The Morgan fingerprint density at radius 1 is 1.29 bits per heavy atom. The first-order chi connectivity index (χ1) is 10.1. The lowest BCUT2D eigenvalue weighted by molar-refractivity contribution is 0.0793. The number of carbonyl (C=O) groups excluding carboxylic acids is 1. The van der Waals surface area contributed by atoms with Crippen molar-refractivity contribution in [1.29, 1.82) is 0 Å². The van der Waals surface area contributed by atoms with Crippen LogP contribution < -0.4 is 5.32 Å². The zero-order valence-electron chi connectivity index (χ0n) is 13.5. The maximum absolute atomic E-state index is 12.5. The lowest BCUT2D eigenvalue weighted by atomic mass is 10.1. The minimum atomic E-state index is 0.0533. The van der Waals surface area contributed by atoms with Gasteiger partial charge in [0.15, 0.2) is 0 Å². The quantitative estimate of drug-likeness (QED) is 0.688. The molecule has 4 nitrogen and oxygen atoms in total. The molecule has 0 spiro atoms. The second-order valence-corrected chi connectivity index (χ2v) is 5.49. The third kappa shape index (κ3) is 5.76. The molecule has 0 atom stereocenters. The number of aryl methyl sites for hydroxylation is 1. The summed E-state index contributed by atoms with van der Waals surface area (Å²) < 4.78 is 0. The largest absolute Gasteiger partial charge is 0.396 e. The van der Waals surface area contributed by atoms with Gasteiger partial charge in [-0.3, -0.25) is 4.79 Å². The van der Waals surface area contributed by atoms with Gasteiger partial charge in [0.05, 0.1) is 5.56 Å². The van der Waals surface area contributed by atoms with Crippen molar-refractivity contribution in [1.82, 2.24) is 4.90 Å². The minimum absolute atomic E-state index is 0.0533. The molecule has 1 aromatic carbocycles. The maximum Gasteiger partial charge on any atom is 0.255 e. The fourth-order valence-corrected chi connectivity index (χ4v) is 2.20. The van der Waals surface area contributed by atoms with Gasteiger partial charge in [0, 0.05) is 32.4 Å². The smallest absolute Gasteiger partial charge is 0.255 e. The van der Waals surface area contributed by atoms with Gasteiger partial charge >= 0.3 is 0 Å². The Balaban J connectivity index is 2.71. The summed E-state index contributed by atoms with van der Waals surface area (Å²) in [5.41, 5.74) is 2.80. The van der Waals surface area contributed by atoms with Gasteiger partial charge in [-0.25, -0.2) is 0 Å². The number of hydrogen-bond donors (Lipinski definition) is 2. The van der Waals surface area contributed by atoms with Crippen LogP contribution in [0.5, 0.6) is 0 Å². The van der Waals surface area contributed by atoms with Crippen molar-refractivity contribution < 1.29 is 9.90 Å². The summed E-state index contributed by atoms with van der Waals surface area (Å²) in [6.45, 7) is 5.95. The van der Waals surface area contributed by atoms with E-state index in [4.69, 9.17) is 5.11 Å². The summed E-state index contributed by atoms with van der Waals surface area (Å²) in [5.74, 6) is 0.0533. The molecule has 0 aliphatic carbocycles. The van der Waals surface area contributed by atoms with Crippen LogP contribution in [-0.4, -0.2) is 42.7 Å². The number of unbranched alkanes of at least 4 members (excludes halogenated alkanes) is 2. The van der Waals surface area contributed by atoms with Crippen molar-refractivity contribution in [3.63, 3.8) is 0 Å². The zero-order chi connectivity index (χ0) is 15.7. The molecule has 1 aromatic rings. The van der Waals surface area contributed by atoms with Gasteiger partial charge in [-0.2, -0.15) is 0 Å². The minimum Gasteiger partial charge on any atom is -0.396 e. The van der Waals surface area contributed by atoms with Crippen molar-refractivity contribution in [2.75, 3.05) is 32.1 Å². The molecule has 1 amide bonds. The van der Waals surface area contributed by atoms with Crippen molar-refractivity contribution in [3.05, 3.63) is 29.3 Å². The van der Waals surface area contributed by atoms with Crippen LogP contribution >= 0.6 is 0 Å². The highest BCUT2D eigenvalue weighted by molar-refractivity contribution is 5.99. The van der Waals surface area contributed by atoms with Gasteiger partial charge in [0.25, 0.3) is 5.91 Å². The van der Waals surface area contributed by atoms with E-state index in [0.29, 0.717) is 0 Å². The van der Waals surface area contributed by atoms with E-state index < -0.39 is 0 Å². The second-order valence-electron chi connectivity index (χ2n) is 5.49. The van der Waals surface area contributed by atoms with E-state index in [0.717, 1.165) is 55.6 Å². The van der Waals surface area contributed by atoms with Crippen molar-refractivity contribution in [2.45, 2.75) is 39.5 Å². The normalized spacial score (nSPS) is 10.5. The Kier molecular flexibility index (Phi) is 7.83. The van der Waals surface area contributed by atoms with Crippen LogP contribution in [0, 0.1) is 6.92 Å². The number of carbonyl (C=O) groups is 1. The second kappa shape index (κ2) is 9.40. The molecule has 118 valence electrons. The predicted molar refractivity (Wildman–Crippen MR) is 87.9 cm³/mol. The number of amides is 1. The lowest BCUT2D eigenvalue weighted by Gasteiger charge is -2.20. The third-order valence-corrected chi connectivity index (χ3v) is 3.47. The van der Waals surface area contributed by atoms with E-state index >= 15 is 0 Å². The maximum atomic E-state index is 12.5. The molecule has 0 saturated carbocycles. The van der Waals surface area contributed by atoms with Crippen molar-refractivity contribution >= 4 is 11.6 Å². The van der Waals surface area contributed by atoms with E-state index in [1.54, 1.807) is 4.90 Å². The Hall–Kier alpha value is -1.55. The highest BCUT2D eigenvalue weighted by atomic mass is 16.2. The van der Waals surface area contributed by atoms with Gasteiger partial charge < -0.3 is 15.3 Å². The number of benzene rings is 1. The van der Waals surface area contributed by atoms with E-state index in [1.165, 1.54) is 0 Å². The van der Waals surface area contributed by atoms with E-state index in [9.17, 15) is 4.79 Å². The summed E-state index contributed by atoms with van der Waals surface area (Å²) >= 11 is 0. The Morgan fingerprint density at radius 2 is 2.05 bits per heavy atom. The molecule has 4 heteroatoms. The molecule has 0 saturated heterocycles. The van der Waals surface area contributed by atoms with E-state index in [2.05, 4.69) is 12.2 Å². The number of nitrogens with one attached hydrogen (secondary N) is 1. The summed E-state index contributed by atoms with van der Waals surface area (Å²) in [6, 6.07) is 5.91. The molecule has 21 heavy (non-hydrogen) atoms. The van der Waals surface area contributed by atoms with Crippen LogP contribution in [0.25, 0.3) is 0 Å². The standard InChI is InChI=1S/C17H28N2O2/c1-4-10-18-16-13-14(2)8-9-15(16)17(21)19(3)11-6-5-7-12-20/h8-9,13,18,20H,4-7,10-12H2,1-3H3. The molecule has 0 aliphatic heterocycles. The molecule has 0 heterocycles. The third-order valence-electron chi connectivity index (χ3n) is 3.47. The van der Waals surface area contributed by atoms with Gasteiger partial charge in [0.2, 0.25) is 0 Å². The highest BCUT2D eigenvalue weighted by Gasteiger charge is 2.15. The molecule has 0 bridgehead atoms. The Morgan fingerprint density at radius 3 is 2.71 bits per heavy atom. The van der Waals surface area contributed by atoms with Crippen LogP contribution in [0.4, 0.5) is 5.69 Å². The summed E-state index contributed by atoms with van der Waals surface area (Å²) in [6.07, 6.45) is 3.70. The molecule has 0 aliphatic rings. The van der Waals surface area contributed by atoms with Crippen molar-refractivity contribution in [2.24, 2.45) is 0 Å². The first kappa shape index (κ1) is 17.5. The first-order valence-electron chi connectivity index (χ1n) is 7.81. The number of rotatable bonds is 9. The van der Waals surface area contributed by atoms with Gasteiger partial charge in [0.1, 0.15) is 0 Å². The SMILES string of the molecule is CCCNc1cc(C)ccc1C(=O)N(C)CCCCCO. The molecule has 0 unspecified atom stereocenters. The molecule has 1 rings (SSSR count). The monoisotopic (exact) mass is 292 g/mol. The lowest BCUT2D eigenvalue weighted by Crippen LogP contribution is -2.28. The molecule has 0 fully saturated rings. The summed E-state index contributed by atoms with van der Waals surface area (Å²) in [5, 5.41) is 12.1. The number of anilines is 1. The fraction of sp³-hybridized carbons (Fsp3) is 0.588. The van der Waals surface area contributed by atoms with E-state index in [-0.39, 0.29) is 12.5 Å². The molecule has 2 N–H and O–H groups in total. The average Bonchev–Trinajstić information content (AvgIpc) is 2.48. The molecular formula is C17H28N2O2. The van der Waals surface area contributed by atoms with Crippen LogP contribution in [0.2, 0.25) is 0 Å². The van der Waals surface area contributed by atoms with Crippen LogP contribution in [-0.2, 0) is 0 Å². The topological polar surface area (TPSA) is 52.6 Å². The predicted octanol–water partition coefficient (Wildman–Crippen LogP) is 3.05. The summed E-state index contributed by atoms with van der Waals surface area (Å²) in [7, 11) is 1.84. The van der Waals surface area contributed by atoms with Crippen LogP contribution in [0.15, 0.2) is 18.2 Å².